The van der Waals surface area contributed by atoms with Gasteiger partial charge in [-0.2, -0.15) is 0 Å². The van der Waals surface area contributed by atoms with Crippen molar-refractivity contribution < 1.29 is 4.79 Å². The monoisotopic (exact) mass is 384 g/mol. The largest absolute Gasteiger partial charge is 0.324 e. The maximum atomic E-state index is 12.5. The van der Waals surface area contributed by atoms with Crippen LogP contribution in [0.15, 0.2) is 47.8 Å². The molecular weight excluding hydrogens is 364 g/mol. The van der Waals surface area contributed by atoms with E-state index >= 15 is 0 Å². The minimum absolute atomic E-state index is 0.0221. The van der Waals surface area contributed by atoms with Crippen molar-refractivity contribution in [2.75, 3.05) is 18.4 Å². The zero-order valence-electron chi connectivity index (χ0n) is 14.3. The van der Waals surface area contributed by atoms with E-state index in [0.29, 0.717) is 6.54 Å². The van der Waals surface area contributed by atoms with Crippen LogP contribution >= 0.6 is 22.7 Å². The molecule has 0 saturated carbocycles. The molecule has 1 atom stereocenters. The van der Waals surface area contributed by atoms with E-state index in [0.717, 1.165) is 40.8 Å². The highest BCUT2D eigenvalue weighted by molar-refractivity contribution is 7.14. The molecule has 1 N–H and O–H groups in total. The smallest absolute Gasteiger partial charge is 0.322 e. The van der Waals surface area contributed by atoms with Gasteiger partial charge in [0.25, 0.3) is 0 Å². The fourth-order valence-electron chi connectivity index (χ4n) is 3.17. The van der Waals surface area contributed by atoms with Gasteiger partial charge in [0.1, 0.15) is 10.0 Å². The molecular formula is C19H20N4OS2. The summed E-state index contributed by atoms with van der Waals surface area (Å²) in [4.78, 5) is 14.4. The Morgan fingerprint density at radius 1 is 1.19 bits per heavy atom. The summed E-state index contributed by atoms with van der Waals surface area (Å²) < 4.78 is 0. The fourth-order valence-corrected chi connectivity index (χ4v) is 4.78. The highest BCUT2D eigenvalue weighted by Crippen LogP contribution is 2.30. The van der Waals surface area contributed by atoms with Gasteiger partial charge in [0.15, 0.2) is 0 Å². The third-order valence-electron chi connectivity index (χ3n) is 4.49. The van der Waals surface area contributed by atoms with Gasteiger partial charge >= 0.3 is 6.03 Å². The molecule has 1 aromatic carbocycles. The molecule has 3 aromatic rings. The Morgan fingerprint density at radius 3 is 2.88 bits per heavy atom. The first-order valence-corrected chi connectivity index (χ1v) is 10.4. The van der Waals surface area contributed by atoms with Crippen LogP contribution in [0, 0.1) is 0 Å². The number of anilines is 1. The van der Waals surface area contributed by atoms with Crippen molar-refractivity contribution in [1.29, 1.82) is 0 Å². The number of carbonyl (C=O) groups is 1. The van der Waals surface area contributed by atoms with Crippen LogP contribution in [-0.2, 0) is 6.42 Å². The van der Waals surface area contributed by atoms with Crippen molar-refractivity contribution in [3.63, 3.8) is 0 Å². The van der Waals surface area contributed by atoms with Crippen LogP contribution in [0.1, 0.15) is 34.3 Å². The van der Waals surface area contributed by atoms with E-state index in [1.54, 1.807) is 11.3 Å². The van der Waals surface area contributed by atoms with Gasteiger partial charge in [-0.25, -0.2) is 4.79 Å². The van der Waals surface area contributed by atoms with Crippen LogP contribution < -0.4 is 5.32 Å². The van der Waals surface area contributed by atoms with Gasteiger partial charge in [0.05, 0.1) is 5.00 Å². The summed E-state index contributed by atoms with van der Waals surface area (Å²) in [7, 11) is 0. The van der Waals surface area contributed by atoms with Crippen molar-refractivity contribution >= 4 is 33.7 Å². The standard InChI is InChI=1S/C19H20N4OS2/c24-19(20-16-9-5-11-25-16)23-10-4-8-15(13-23)18-22-21-17(26-18)12-14-6-2-1-3-7-14/h1-3,5-7,9,11,15H,4,8,10,12-13H2,(H,20,24). The first kappa shape index (κ1) is 17.2. The number of likely N-dealkylation sites (tertiary alicyclic amines) is 1. The summed E-state index contributed by atoms with van der Waals surface area (Å²) in [6, 6.07) is 14.2. The maximum absolute atomic E-state index is 12.5. The van der Waals surface area contributed by atoms with E-state index in [1.165, 1.54) is 16.9 Å². The number of piperidine rings is 1. The van der Waals surface area contributed by atoms with Crippen molar-refractivity contribution in [3.8, 4) is 0 Å². The number of rotatable bonds is 4. The molecule has 1 unspecified atom stereocenters. The van der Waals surface area contributed by atoms with E-state index in [2.05, 4.69) is 27.6 Å². The summed E-state index contributed by atoms with van der Waals surface area (Å²) in [6.45, 7) is 1.50. The fraction of sp³-hybridized carbons (Fsp3) is 0.316. The Kier molecular flexibility index (Phi) is 5.26. The SMILES string of the molecule is O=C(Nc1cccs1)N1CCCC(c2nnc(Cc3ccccc3)s2)C1. The molecule has 0 radical (unpaired) electrons. The second kappa shape index (κ2) is 7.97. The van der Waals surface area contributed by atoms with E-state index in [1.807, 2.05) is 40.6 Å². The van der Waals surface area contributed by atoms with Gasteiger partial charge in [0, 0.05) is 25.4 Å². The molecule has 0 bridgehead atoms. The van der Waals surface area contributed by atoms with Gasteiger partial charge in [-0.15, -0.1) is 32.9 Å². The van der Waals surface area contributed by atoms with Gasteiger partial charge in [-0.05, 0) is 35.9 Å². The zero-order valence-corrected chi connectivity index (χ0v) is 15.9. The minimum atomic E-state index is -0.0221. The van der Waals surface area contributed by atoms with Gasteiger partial charge in [0.2, 0.25) is 0 Å². The number of urea groups is 1. The number of nitrogens with zero attached hydrogens (tertiary/aromatic N) is 3. The number of amides is 2. The van der Waals surface area contributed by atoms with Crippen molar-refractivity contribution in [3.05, 3.63) is 63.4 Å². The van der Waals surface area contributed by atoms with Crippen molar-refractivity contribution in [2.45, 2.75) is 25.2 Å². The highest BCUT2D eigenvalue weighted by Gasteiger charge is 2.27. The number of hydrogen-bond acceptors (Lipinski definition) is 5. The quantitative estimate of drug-likeness (QED) is 0.715. The van der Waals surface area contributed by atoms with Crippen LogP contribution in [0.4, 0.5) is 9.80 Å². The molecule has 1 saturated heterocycles. The molecule has 0 aliphatic carbocycles. The second-order valence-electron chi connectivity index (χ2n) is 6.39. The lowest BCUT2D eigenvalue weighted by molar-refractivity contribution is 0.192. The predicted octanol–water partition coefficient (Wildman–Crippen LogP) is 4.60. The molecule has 1 aliphatic heterocycles. The van der Waals surface area contributed by atoms with E-state index in [4.69, 9.17) is 0 Å². The Morgan fingerprint density at radius 2 is 2.08 bits per heavy atom. The van der Waals surface area contributed by atoms with Gasteiger partial charge < -0.3 is 4.90 Å². The van der Waals surface area contributed by atoms with Crippen LogP contribution in [0.3, 0.4) is 0 Å². The number of carbonyl (C=O) groups excluding carboxylic acids is 1. The predicted molar refractivity (Wildman–Crippen MR) is 106 cm³/mol. The maximum Gasteiger partial charge on any atom is 0.322 e. The third kappa shape index (κ3) is 4.11. The Labute approximate surface area is 160 Å². The summed E-state index contributed by atoms with van der Waals surface area (Å²) >= 11 is 3.21. The average Bonchev–Trinajstić information content (AvgIpc) is 3.35. The van der Waals surface area contributed by atoms with Crippen LogP contribution in [0.5, 0.6) is 0 Å². The van der Waals surface area contributed by atoms with Crippen LogP contribution in [0.2, 0.25) is 0 Å². The molecule has 7 heteroatoms. The molecule has 3 heterocycles. The number of nitrogens with one attached hydrogen (secondary N) is 1. The number of aromatic nitrogens is 2. The van der Waals surface area contributed by atoms with Crippen LogP contribution in [-0.4, -0.2) is 34.2 Å². The van der Waals surface area contributed by atoms with Crippen molar-refractivity contribution in [1.82, 2.24) is 15.1 Å². The Bertz CT molecular complexity index is 848. The van der Waals surface area contributed by atoms with Crippen molar-refractivity contribution in [2.24, 2.45) is 0 Å². The number of hydrogen-bond donors (Lipinski definition) is 1. The van der Waals surface area contributed by atoms with Crippen LogP contribution in [0.25, 0.3) is 0 Å². The number of benzene rings is 1. The van der Waals surface area contributed by atoms with E-state index in [9.17, 15) is 4.79 Å². The molecule has 1 fully saturated rings. The van der Waals surface area contributed by atoms with E-state index < -0.39 is 0 Å². The summed E-state index contributed by atoms with van der Waals surface area (Å²) in [5.41, 5.74) is 1.25. The summed E-state index contributed by atoms with van der Waals surface area (Å²) in [5, 5.41) is 16.7. The molecule has 26 heavy (non-hydrogen) atoms. The molecule has 134 valence electrons. The average molecular weight is 385 g/mol. The lowest BCUT2D eigenvalue weighted by Gasteiger charge is -2.31. The first-order valence-electron chi connectivity index (χ1n) is 8.73. The summed E-state index contributed by atoms with van der Waals surface area (Å²) in [6.07, 6.45) is 2.87. The summed E-state index contributed by atoms with van der Waals surface area (Å²) in [5.74, 6) is 0.278. The molecule has 1 aliphatic rings. The lowest BCUT2D eigenvalue weighted by Crippen LogP contribution is -2.41. The Hall–Kier alpha value is -2.25. The first-order chi connectivity index (χ1) is 12.8. The normalized spacial score (nSPS) is 17.2. The van der Waals surface area contributed by atoms with E-state index in [-0.39, 0.29) is 11.9 Å². The Balaban J connectivity index is 1.39. The number of thiophene rings is 1. The van der Waals surface area contributed by atoms with Gasteiger partial charge in [-0.3, -0.25) is 5.32 Å². The molecule has 2 aromatic heterocycles. The zero-order chi connectivity index (χ0) is 17.8. The lowest BCUT2D eigenvalue weighted by atomic mass is 9.99. The minimum Gasteiger partial charge on any atom is -0.324 e. The highest BCUT2D eigenvalue weighted by atomic mass is 32.1. The molecule has 0 spiro atoms. The molecule has 5 nitrogen and oxygen atoms in total. The second-order valence-corrected chi connectivity index (χ2v) is 8.43. The molecule has 2 amide bonds. The van der Waals surface area contributed by atoms with Gasteiger partial charge in [-0.1, -0.05) is 30.3 Å². The molecule has 4 rings (SSSR count). The topological polar surface area (TPSA) is 58.1 Å². The third-order valence-corrected chi connectivity index (χ3v) is 6.36.